The second-order valence-electron chi connectivity index (χ2n) is 6.26. The third-order valence-electron chi connectivity index (χ3n) is 4.99. The molecule has 0 aliphatic heterocycles. The summed E-state index contributed by atoms with van der Waals surface area (Å²) < 4.78 is 0. The third kappa shape index (κ3) is 1.79. The van der Waals surface area contributed by atoms with Gasteiger partial charge >= 0.3 is 5.97 Å². The fourth-order valence-electron chi connectivity index (χ4n) is 4.20. The predicted octanol–water partition coefficient (Wildman–Crippen LogP) is 3.17. The molecular weight excluding hydrogens is 188 g/mol. The summed E-state index contributed by atoms with van der Waals surface area (Å²) in [6.45, 7) is 6.91. The monoisotopic (exact) mass is 210 g/mol. The molecule has 3 aliphatic rings. The van der Waals surface area contributed by atoms with Crippen LogP contribution >= 0.6 is 0 Å². The molecule has 4 unspecified atom stereocenters. The van der Waals surface area contributed by atoms with Gasteiger partial charge in [-0.25, -0.2) is 0 Å². The number of carbonyl (C=O) groups is 1. The molecule has 2 heteroatoms. The molecule has 0 aromatic rings. The van der Waals surface area contributed by atoms with Crippen LogP contribution < -0.4 is 0 Å². The Morgan fingerprint density at radius 1 is 1.40 bits per heavy atom. The highest BCUT2D eigenvalue weighted by Gasteiger charge is 2.50. The second-order valence-corrected chi connectivity index (χ2v) is 6.26. The smallest absolute Gasteiger partial charge is 0.303 e. The zero-order valence-corrected chi connectivity index (χ0v) is 9.99. The summed E-state index contributed by atoms with van der Waals surface area (Å²) in [7, 11) is 0. The van der Waals surface area contributed by atoms with Crippen molar-refractivity contribution < 1.29 is 9.90 Å². The average molecular weight is 210 g/mol. The van der Waals surface area contributed by atoms with Crippen LogP contribution in [0.1, 0.15) is 46.5 Å². The first-order chi connectivity index (χ1) is 6.92. The van der Waals surface area contributed by atoms with Crippen molar-refractivity contribution in [1.29, 1.82) is 0 Å². The molecule has 0 amide bonds. The van der Waals surface area contributed by atoms with Gasteiger partial charge < -0.3 is 5.11 Å². The lowest BCUT2D eigenvalue weighted by Gasteiger charge is -2.56. The summed E-state index contributed by atoms with van der Waals surface area (Å²) in [6.07, 6.45) is 4.26. The first-order valence-electron chi connectivity index (χ1n) is 6.13. The van der Waals surface area contributed by atoms with Gasteiger partial charge in [0.1, 0.15) is 0 Å². The Hall–Kier alpha value is -0.530. The summed E-state index contributed by atoms with van der Waals surface area (Å²) in [5.41, 5.74) is 0.371. The standard InChI is InChI=1S/C13H22O2/c1-8-9-4-5-11(13(2,3)7-9)10(8)6-12(14)15/h8-11H,4-7H2,1-3H3,(H,14,15). The molecule has 2 bridgehead atoms. The molecular formula is C13H22O2. The molecule has 4 atom stereocenters. The van der Waals surface area contributed by atoms with E-state index < -0.39 is 5.97 Å². The van der Waals surface area contributed by atoms with Gasteiger partial charge in [-0.15, -0.1) is 0 Å². The number of rotatable bonds is 2. The highest BCUT2D eigenvalue weighted by Crippen LogP contribution is 2.58. The van der Waals surface area contributed by atoms with Crippen LogP contribution in [0.4, 0.5) is 0 Å². The van der Waals surface area contributed by atoms with Crippen molar-refractivity contribution in [3.63, 3.8) is 0 Å². The van der Waals surface area contributed by atoms with Gasteiger partial charge in [-0.2, -0.15) is 0 Å². The summed E-state index contributed by atoms with van der Waals surface area (Å²) in [5, 5.41) is 8.98. The van der Waals surface area contributed by atoms with E-state index in [1.54, 1.807) is 0 Å². The molecule has 0 spiro atoms. The number of carboxylic acid groups (broad SMARTS) is 1. The maximum atomic E-state index is 10.9. The van der Waals surface area contributed by atoms with Gasteiger partial charge in [0, 0.05) is 6.42 Å². The maximum Gasteiger partial charge on any atom is 0.303 e. The molecule has 2 nitrogen and oxygen atoms in total. The highest BCUT2D eigenvalue weighted by molar-refractivity contribution is 5.67. The molecule has 0 aromatic carbocycles. The molecule has 3 rings (SSSR count). The lowest BCUT2D eigenvalue weighted by Crippen LogP contribution is -2.48. The van der Waals surface area contributed by atoms with Crippen LogP contribution in [-0.4, -0.2) is 11.1 Å². The highest BCUT2D eigenvalue weighted by atomic mass is 16.4. The summed E-state index contributed by atoms with van der Waals surface area (Å²) in [4.78, 5) is 10.9. The summed E-state index contributed by atoms with van der Waals surface area (Å²) >= 11 is 0. The van der Waals surface area contributed by atoms with Crippen molar-refractivity contribution in [2.45, 2.75) is 46.5 Å². The molecule has 0 saturated heterocycles. The van der Waals surface area contributed by atoms with Crippen LogP contribution in [0, 0.1) is 29.1 Å². The quantitative estimate of drug-likeness (QED) is 0.760. The van der Waals surface area contributed by atoms with E-state index in [9.17, 15) is 4.79 Å². The van der Waals surface area contributed by atoms with E-state index in [-0.39, 0.29) is 0 Å². The zero-order chi connectivity index (χ0) is 11.2. The summed E-state index contributed by atoms with van der Waals surface area (Å²) in [6, 6.07) is 0. The van der Waals surface area contributed by atoms with E-state index in [0.29, 0.717) is 29.6 Å². The first kappa shape index (κ1) is 11.0. The molecule has 3 aliphatic carbocycles. The fraction of sp³-hybridized carbons (Fsp3) is 0.923. The SMILES string of the molecule is CC1C2CCC(C1CC(=O)O)C(C)(C)C2. The number of hydrogen-bond acceptors (Lipinski definition) is 1. The Morgan fingerprint density at radius 3 is 2.60 bits per heavy atom. The van der Waals surface area contributed by atoms with Gasteiger partial charge in [0.2, 0.25) is 0 Å². The van der Waals surface area contributed by atoms with E-state index in [2.05, 4.69) is 20.8 Å². The van der Waals surface area contributed by atoms with Crippen LogP contribution in [-0.2, 0) is 4.79 Å². The van der Waals surface area contributed by atoms with Gasteiger partial charge in [-0.05, 0) is 48.3 Å². The molecule has 0 radical (unpaired) electrons. The van der Waals surface area contributed by atoms with Crippen molar-refractivity contribution in [3.05, 3.63) is 0 Å². The van der Waals surface area contributed by atoms with Crippen LogP contribution in [0.3, 0.4) is 0 Å². The Kier molecular flexibility index (Phi) is 2.56. The van der Waals surface area contributed by atoms with Crippen molar-refractivity contribution in [3.8, 4) is 0 Å². The third-order valence-corrected chi connectivity index (χ3v) is 4.99. The maximum absolute atomic E-state index is 10.9. The topological polar surface area (TPSA) is 37.3 Å². The zero-order valence-electron chi connectivity index (χ0n) is 9.99. The van der Waals surface area contributed by atoms with Gasteiger partial charge in [0.25, 0.3) is 0 Å². The van der Waals surface area contributed by atoms with Crippen LogP contribution in [0.2, 0.25) is 0 Å². The van der Waals surface area contributed by atoms with E-state index in [1.807, 2.05) is 0 Å². The molecule has 86 valence electrons. The Morgan fingerprint density at radius 2 is 2.07 bits per heavy atom. The number of carboxylic acids is 1. The van der Waals surface area contributed by atoms with Gasteiger partial charge in [0.05, 0.1) is 0 Å². The van der Waals surface area contributed by atoms with Crippen LogP contribution in [0.25, 0.3) is 0 Å². The minimum atomic E-state index is -0.616. The van der Waals surface area contributed by atoms with Crippen LogP contribution in [0.15, 0.2) is 0 Å². The van der Waals surface area contributed by atoms with Gasteiger partial charge in [-0.3, -0.25) is 4.79 Å². The first-order valence-corrected chi connectivity index (χ1v) is 6.13. The van der Waals surface area contributed by atoms with E-state index in [4.69, 9.17) is 5.11 Å². The van der Waals surface area contributed by atoms with Crippen molar-refractivity contribution in [2.75, 3.05) is 0 Å². The Balaban J connectivity index is 2.19. The van der Waals surface area contributed by atoms with E-state index >= 15 is 0 Å². The Labute approximate surface area is 92.1 Å². The number of aliphatic carboxylic acids is 1. The molecule has 3 saturated carbocycles. The minimum Gasteiger partial charge on any atom is -0.481 e. The molecule has 0 heterocycles. The van der Waals surface area contributed by atoms with E-state index in [0.717, 1.165) is 5.92 Å². The largest absolute Gasteiger partial charge is 0.481 e. The average Bonchev–Trinajstić information content (AvgIpc) is 2.09. The molecule has 0 aromatic heterocycles. The van der Waals surface area contributed by atoms with Crippen molar-refractivity contribution >= 4 is 5.97 Å². The molecule has 1 N–H and O–H groups in total. The lowest BCUT2D eigenvalue weighted by atomic mass is 9.49. The van der Waals surface area contributed by atoms with Crippen molar-refractivity contribution in [1.82, 2.24) is 0 Å². The number of hydrogen-bond donors (Lipinski definition) is 1. The van der Waals surface area contributed by atoms with Gasteiger partial charge in [-0.1, -0.05) is 20.8 Å². The van der Waals surface area contributed by atoms with Crippen molar-refractivity contribution in [2.24, 2.45) is 29.1 Å². The molecule has 15 heavy (non-hydrogen) atoms. The fourth-order valence-corrected chi connectivity index (χ4v) is 4.20. The summed E-state index contributed by atoms with van der Waals surface area (Å²) in [5.74, 6) is 1.83. The number of fused-ring (bicyclic) bond motifs is 3. The van der Waals surface area contributed by atoms with Crippen LogP contribution in [0.5, 0.6) is 0 Å². The lowest BCUT2D eigenvalue weighted by molar-refractivity contribution is -0.143. The Bertz CT molecular complexity index is 270. The second kappa shape index (κ2) is 3.50. The predicted molar refractivity (Wildman–Crippen MR) is 59.5 cm³/mol. The minimum absolute atomic E-state index is 0.371. The normalized spacial score (nSPS) is 42.9. The molecule has 3 fully saturated rings. The van der Waals surface area contributed by atoms with E-state index in [1.165, 1.54) is 19.3 Å². The van der Waals surface area contributed by atoms with Gasteiger partial charge in [0.15, 0.2) is 0 Å².